The van der Waals surface area contributed by atoms with Crippen molar-refractivity contribution in [1.82, 2.24) is 14.8 Å². The molecule has 1 atom stereocenters. The summed E-state index contributed by atoms with van der Waals surface area (Å²) in [7, 11) is 0. The fourth-order valence-electron chi connectivity index (χ4n) is 3.33. The Hall–Kier alpha value is -1.50. The maximum absolute atomic E-state index is 12.4. The van der Waals surface area contributed by atoms with Gasteiger partial charge in [-0.3, -0.25) is 14.7 Å². The molecule has 1 amide bonds. The van der Waals surface area contributed by atoms with Gasteiger partial charge in [-0.05, 0) is 24.5 Å². The molecule has 0 bridgehead atoms. The Balaban J connectivity index is 1.47. The highest BCUT2D eigenvalue weighted by atomic mass is 16.5. The van der Waals surface area contributed by atoms with Crippen molar-refractivity contribution in [3.63, 3.8) is 0 Å². The smallest absolute Gasteiger partial charge is 0.223 e. The maximum atomic E-state index is 12.4. The zero-order chi connectivity index (χ0) is 16.1. The average Bonchev–Trinajstić information content (AvgIpc) is 2.96. The molecule has 0 radical (unpaired) electrons. The molecule has 3 heterocycles. The van der Waals surface area contributed by atoms with Gasteiger partial charge in [0.15, 0.2) is 0 Å². The van der Waals surface area contributed by atoms with Crippen molar-refractivity contribution in [1.29, 1.82) is 0 Å². The zero-order valence-electron chi connectivity index (χ0n) is 13.5. The van der Waals surface area contributed by atoms with E-state index in [2.05, 4.69) is 9.88 Å². The van der Waals surface area contributed by atoms with Crippen molar-refractivity contribution in [3.05, 3.63) is 30.1 Å². The Labute approximate surface area is 137 Å². The Bertz CT molecular complexity index is 519. The molecular weight excluding hydrogens is 294 g/mol. The molecule has 126 valence electrons. The monoisotopic (exact) mass is 319 g/mol. The van der Waals surface area contributed by atoms with E-state index in [0.29, 0.717) is 38.9 Å². The number of nitrogens with zero attached hydrogens (tertiary/aromatic N) is 3. The minimum atomic E-state index is -0.776. The Morgan fingerprint density at radius 3 is 2.91 bits per heavy atom. The van der Waals surface area contributed by atoms with Crippen molar-refractivity contribution < 1.29 is 14.6 Å². The number of hydrogen-bond acceptors (Lipinski definition) is 5. The molecule has 1 aromatic rings. The number of ether oxygens (including phenoxy) is 1. The number of hydrogen-bond donors (Lipinski definition) is 1. The summed E-state index contributed by atoms with van der Waals surface area (Å²) >= 11 is 0. The number of likely N-dealkylation sites (tertiary alicyclic amines) is 1. The largest absolute Gasteiger partial charge is 0.387 e. The highest BCUT2D eigenvalue weighted by Crippen LogP contribution is 2.23. The number of aryl methyl sites for hydroxylation is 1. The van der Waals surface area contributed by atoms with E-state index in [0.717, 1.165) is 31.9 Å². The predicted molar refractivity (Wildman–Crippen MR) is 86.0 cm³/mol. The van der Waals surface area contributed by atoms with Crippen molar-refractivity contribution >= 4 is 5.91 Å². The highest BCUT2D eigenvalue weighted by molar-refractivity contribution is 5.76. The number of carbonyl (C=O) groups excluding carboxylic acids is 1. The van der Waals surface area contributed by atoms with Gasteiger partial charge in [0.25, 0.3) is 0 Å². The first-order valence-corrected chi connectivity index (χ1v) is 8.34. The van der Waals surface area contributed by atoms with Crippen LogP contribution in [0.25, 0.3) is 0 Å². The van der Waals surface area contributed by atoms with Gasteiger partial charge in [0.05, 0.1) is 25.4 Å². The fourth-order valence-corrected chi connectivity index (χ4v) is 3.33. The SMILES string of the molecule is O=C(CCc1cccnc1)N1CCC(O)(CN2CCOCC2)C1. The number of rotatable bonds is 5. The van der Waals surface area contributed by atoms with E-state index in [9.17, 15) is 9.90 Å². The molecule has 6 nitrogen and oxygen atoms in total. The summed E-state index contributed by atoms with van der Waals surface area (Å²) in [5, 5.41) is 10.8. The summed E-state index contributed by atoms with van der Waals surface area (Å²) in [6.45, 7) is 4.88. The normalized spacial score (nSPS) is 25.7. The predicted octanol–water partition coefficient (Wildman–Crippen LogP) is 0.310. The van der Waals surface area contributed by atoms with E-state index in [4.69, 9.17) is 4.74 Å². The molecule has 1 aromatic heterocycles. The second-order valence-electron chi connectivity index (χ2n) is 6.54. The lowest BCUT2D eigenvalue weighted by Crippen LogP contribution is -2.49. The number of carbonyl (C=O) groups is 1. The van der Waals surface area contributed by atoms with Crippen LogP contribution in [0, 0.1) is 0 Å². The number of amides is 1. The molecule has 2 aliphatic rings. The molecule has 3 rings (SSSR count). The van der Waals surface area contributed by atoms with E-state index < -0.39 is 5.60 Å². The van der Waals surface area contributed by atoms with Crippen LogP contribution in [0.15, 0.2) is 24.5 Å². The third-order valence-electron chi connectivity index (χ3n) is 4.66. The minimum Gasteiger partial charge on any atom is -0.387 e. The molecule has 0 saturated carbocycles. The van der Waals surface area contributed by atoms with Gasteiger partial charge >= 0.3 is 0 Å². The summed E-state index contributed by atoms with van der Waals surface area (Å²) in [5.74, 6) is 0.117. The van der Waals surface area contributed by atoms with Gasteiger partial charge in [-0.25, -0.2) is 0 Å². The Morgan fingerprint density at radius 1 is 1.35 bits per heavy atom. The lowest BCUT2D eigenvalue weighted by atomic mass is 10.0. The van der Waals surface area contributed by atoms with Gasteiger partial charge in [0.1, 0.15) is 0 Å². The number of β-amino-alcohol motifs (C(OH)–C–C–N with tert-alkyl or cyclic N) is 1. The molecular formula is C17H25N3O3. The van der Waals surface area contributed by atoms with Crippen LogP contribution in [0.4, 0.5) is 0 Å². The molecule has 2 fully saturated rings. The molecule has 2 aliphatic heterocycles. The van der Waals surface area contributed by atoms with Crippen LogP contribution >= 0.6 is 0 Å². The molecule has 1 unspecified atom stereocenters. The fraction of sp³-hybridized carbons (Fsp3) is 0.647. The second-order valence-corrected chi connectivity index (χ2v) is 6.54. The molecule has 0 aromatic carbocycles. The molecule has 23 heavy (non-hydrogen) atoms. The summed E-state index contributed by atoms with van der Waals surface area (Å²) in [6, 6.07) is 3.87. The summed E-state index contributed by atoms with van der Waals surface area (Å²) in [4.78, 5) is 20.5. The van der Waals surface area contributed by atoms with E-state index in [-0.39, 0.29) is 5.91 Å². The van der Waals surface area contributed by atoms with Crippen LogP contribution in [0.5, 0.6) is 0 Å². The molecule has 1 N–H and O–H groups in total. The summed E-state index contributed by atoms with van der Waals surface area (Å²) in [6.07, 6.45) is 5.36. The van der Waals surface area contributed by atoms with Crippen molar-refractivity contribution in [3.8, 4) is 0 Å². The molecule has 0 aliphatic carbocycles. The van der Waals surface area contributed by atoms with Gasteiger partial charge in [-0.2, -0.15) is 0 Å². The first kappa shape index (κ1) is 16.4. The van der Waals surface area contributed by atoms with Crippen molar-refractivity contribution in [2.75, 3.05) is 45.9 Å². The summed E-state index contributed by atoms with van der Waals surface area (Å²) < 4.78 is 5.34. The van der Waals surface area contributed by atoms with Gasteiger partial charge < -0.3 is 14.7 Å². The van der Waals surface area contributed by atoms with Crippen LogP contribution in [-0.4, -0.2) is 77.3 Å². The summed E-state index contributed by atoms with van der Waals surface area (Å²) in [5.41, 5.74) is 0.296. The lowest BCUT2D eigenvalue weighted by molar-refractivity contribution is -0.131. The van der Waals surface area contributed by atoms with E-state index in [1.165, 1.54) is 0 Å². The number of pyridine rings is 1. The number of morpholine rings is 1. The van der Waals surface area contributed by atoms with Crippen molar-refractivity contribution in [2.24, 2.45) is 0 Å². The van der Waals surface area contributed by atoms with E-state index in [1.54, 1.807) is 17.3 Å². The third kappa shape index (κ3) is 4.50. The van der Waals surface area contributed by atoms with Crippen LogP contribution in [0.1, 0.15) is 18.4 Å². The van der Waals surface area contributed by atoms with Crippen molar-refractivity contribution in [2.45, 2.75) is 24.9 Å². The van der Waals surface area contributed by atoms with Crippen LogP contribution in [0.2, 0.25) is 0 Å². The van der Waals surface area contributed by atoms with E-state index in [1.807, 2.05) is 12.1 Å². The standard InChI is InChI=1S/C17H25N3O3/c21-16(4-3-15-2-1-6-18-12-15)20-7-5-17(22,14-20)13-19-8-10-23-11-9-19/h1-2,6,12,22H,3-5,7-11,13-14H2. The quantitative estimate of drug-likeness (QED) is 0.846. The van der Waals surface area contributed by atoms with Gasteiger partial charge in [-0.15, -0.1) is 0 Å². The topological polar surface area (TPSA) is 65.9 Å². The van der Waals surface area contributed by atoms with Gasteiger partial charge in [0.2, 0.25) is 5.91 Å². The molecule has 2 saturated heterocycles. The first-order valence-electron chi connectivity index (χ1n) is 8.34. The number of aromatic nitrogens is 1. The maximum Gasteiger partial charge on any atom is 0.223 e. The van der Waals surface area contributed by atoms with Crippen LogP contribution in [-0.2, 0) is 16.0 Å². The second kappa shape index (κ2) is 7.38. The Morgan fingerprint density at radius 2 is 2.17 bits per heavy atom. The first-order chi connectivity index (χ1) is 11.1. The highest BCUT2D eigenvalue weighted by Gasteiger charge is 2.39. The molecule has 0 spiro atoms. The third-order valence-corrected chi connectivity index (χ3v) is 4.66. The van der Waals surface area contributed by atoms with Gasteiger partial charge in [0, 0.05) is 45.0 Å². The van der Waals surface area contributed by atoms with Gasteiger partial charge in [-0.1, -0.05) is 6.07 Å². The zero-order valence-corrected chi connectivity index (χ0v) is 13.5. The average molecular weight is 319 g/mol. The Kier molecular flexibility index (Phi) is 5.25. The van der Waals surface area contributed by atoms with Crippen LogP contribution < -0.4 is 0 Å². The molecule has 6 heteroatoms. The number of aliphatic hydroxyl groups is 1. The minimum absolute atomic E-state index is 0.117. The van der Waals surface area contributed by atoms with E-state index >= 15 is 0 Å². The lowest BCUT2D eigenvalue weighted by Gasteiger charge is -2.33. The van der Waals surface area contributed by atoms with Crippen LogP contribution in [0.3, 0.4) is 0 Å².